The van der Waals surface area contributed by atoms with Crippen LogP contribution < -0.4 is 0 Å². The van der Waals surface area contributed by atoms with E-state index in [1.165, 1.54) is 23.9 Å². The quantitative estimate of drug-likeness (QED) is 0.777. The van der Waals surface area contributed by atoms with Crippen LogP contribution in [0.25, 0.3) is 0 Å². The van der Waals surface area contributed by atoms with Gasteiger partial charge in [-0.05, 0) is 30.5 Å². The third-order valence-corrected chi connectivity index (χ3v) is 4.19. The summed E-state index contributed by atoms with van der Waals surface area (Å²) in [4.78, 5) is 6.89. The molecule has 0 N–H and O–H groups in total. The van der Waals surface area contributed by atoms with Crippen molar-refractivity contribution in [3.63, 3.8) is 0 Å². The van der Waals surface area contributed by atoms with Crippen LogP contribution in [-0.2, 0) is 6.54 Å². The highest BCUT2D eigenvalue weighted by molar-refractivity contribution is 5.80. The van der Waals surface area contributed by atoms with Gasteiger partial charge in [0, 0.05) is 37.5 Å². The summed E-state index contributed by atoms with van der Waals surface area (Å²) >= 11 is 0. The van der Waals surface area contributed by atoms with E-state index in [1.54, 1.807) is 0 Å². The van der Waals surface area contributed by atoms with Crippen molar-refractivity contribution in [2.45, 2.75) is 25.4 Å². The summed E-state index contributed by atoms with van der Waals surface area (Å²) in [5.41, 5.74) is 1.67. The molecule has 0 spiro atoms. The van der Waals surface area contributed by atoms with Crippen LogP contribution in [0.5, 0.6) is 0 Å². The fourth-order valence-corrected chi connectivity index (χ4v) is 2.86. The van der Waals surface area contributed by atoms with E-state index in [-0.39, 0.29) is 6.04 Å². The summed E-state index contributed by atoms with van der Waals surface area (Å²) in [5, 5.41) is 0. The summed E-state index contributed by atoms with van der Waals surface area (Å²) in [6.45, 7) is 2.94. The van der Waals surface area contributed by atoms with Gasteiger partial charge in [0.2, 0.25) is 0 Å². The molecule has 0 aliphatic carbocycles. The van der Waals surface area contributed by atoms with Gasteiger partial charge in [0.25, 0.3) is 0 Å². The first kappa shape index (κ1) is 15.8. The number of halogens is 2. The molecule has 0 unspecified atom stereocenters. The molecule has 23 heavy (non-hydrogen) atoms. The number of benzene rings is 2. The molecule has 0 radical (unpaired) electrons. The molecule has 0 amide bonds. The molecule has 1 aliphatic rings. The Hall–Kier alpha value is -2.07. The summed E-state index contributed by atoms with van der Waals surface area (Å²) in [5.74, 6) is -1.12. The van der Waals surface area contributed by atoms with Gasteiger partial charge < -0.3 is 0 Å². The van der Waals surface area contributed by atoms with E-state index >= 15 is 0 Å². The predicted molar refractivity (Wildman–Crippen MR) is 88.7 cm³/mol. The lowest BCUT2D eigenvalue weighted by Crippen LogP contribution is -2.34. The van der Waals surface area contributed by atoms with Gasteiger partial charge in [-0.1, -0.05) is 30.3 Å². The zero-order chi connectivity index (χ0) is 16.1. The van der Waals surface area contributed by atoms with Gasteiger partial charge in [-0.15, -0.1) is 0 Å². The second kappa shape index (κ2) is 7.47. The number of hydrogen-bond donors (Lipinski definition) is 0. The van der Waals surface area contributed by atoms with Gasteiger partial charge in [0.15, 0.2) is 0 Å². The summed E-state index contributed by atoms with van der Waals surface area (Å²) in [6, 6.07) is 14.2. The zero-order valence-corrected chi connectivity index (χ0v) is 13.0. The van der Waals surface area contributed by atoms with Gasteiger partial charge in [-0.2, -0.15) is 0 Å². The number of rotatable bonds is 4. The van der Waals surface area contributed by atoms with E-state index in [1.807, 2.05) is 6.07 Å². The van der Waals surface area contributed by atoms with Crippen molar-refractivity contribution in [2.75, 3.05) is 13.1 Å². The smallest absolute Gasteiger partial charge is 0.134 e. The first-order valence-electron chi connectivity index (χ1n) is 7.95. The Kier molecular flexibility index (Phi) is 5.13. The predicted octanol–water partition coefficient (Wildman–Crippen LogP) is 4.05. The van der Waals surface area contributed by atoms with Crippen LogP contribution in [0.1, 0.15) is 24.0 Å². The summed E-state index contributed by atoms with van der Waals surface area (Å²) in [7, 11) is 0. The van der Waals surface area contributed by atoms with E-state index in [4.69, 9.17) is 0 Å². The Labute approximate surface area is 135 Å². The molecular formula is C19H20F2N2. The molecule has 120 valence electrons. The maximum atomic E-state index is 13.6. The zero-order valence-electron chi connectivity index (χ0n) is 13.0. The Balaban J connectivity index is 1.52. The fourth-order valence-electron chi connectivity index (χ4n) is 2.86. The van der Waals surface area contributed by atoms with E-state index in [9.17, 15) is 8.78 Å². The SMILES string of the molecule is Fc1ccc(C=NC2CCN(Cc3ccccc3)CC2)c(F)c1. The van der Waals surface area contributed by atoms with Crippen molar-refractivity contribution in [3.8, 4) is 0 Å². The third kappa shape index (κ3) is 4.45. The summed E-state index contributed by atoms with van der Waals surface area (Å²) < 4.78 is 26.4. The largest absolute Gasteiger partial charge is 0.299 e. The Morgan fingerprint density at radius 2 is 1.78 bits per heavy atom. The fraction of sp³-hybridized carbons (Fsp3) is 0.316. The van der Waals surface area contributed by atoms with Crippen molar-refractivity contribution < 1.29 is 8.78 Å². The monoisotopic (exact) mass is 314 g/mol. The minimum Gasteiger partial charge on any atom is -0.299 e. The molecule has 2 nitrogen and oxygen atoms in total. The summed E-state index contributed by atoms with van der Waals surface area (Å²) in [6.07, 6.45) is 3.46. The minimum atomic E-state index is -0.561. The lowest BCUT2D eigenvalue weighted by molar-refractivity contribution is 0.206. The van der Waals surface area contributed by atoms with Gasteiger partial charge in [-0.3, -0.25) is 9.89 Å². The van der Waals surface area contributed by atoms with Gasteiger partial charge in [0.1, 0.15) is 11.6 Å². The Morgan fingerprint density at radius 3 is 2.48 bits per heavy atom. The van der Waals surface area contributed by atoms with Crippen LogP contribution in [-0.4, -0.2) is 30.2 Å². The van der Waals surface area contributed by atoms with Gasteiger partial charge in [-0.25, -0.2) is 8.78 Å². The minimum absolute atomic E-state index is 0.214. The number of nitrogens with zero attached hydrogens (tertiary/aromatic N) is 2. The van der Waals surface area contributed by atoms with Crippen molar-refractivity contribution in [3.05, 3.63) is 71.3 Å². The van der Waals surface area contributed by atoms with E-state index in [0.717, 1.165) is 38.5 Å². The molecule has 1 heterocycles. The Bertz CT molecular complexity index is 662. The second-order valence-electron chi connectivity index (χ2n) is 5.94. The van der Waals surface area contributed by atoms with Crippen molar-refractivity contribution >= 4 is 6.21 Å². The van der Waals surface area contributed by atoms with E-state index in [0.29, 0.717) is 5.56 Å². The molecule has 2 aromatic carbocycles. The van der Waals surface area contributed by atoms with Crippen molar-refractivity contribution in [1.29, 1.82) is 0 Å². The molecule has 4 heteroatoms. The van der Waals surface area contributed by atoms with Crippen molar-refractivity contribution in [2.24, 2.45) is 4.99 Å². The molecule has 0 bridgehead atoms. The molecule has 0 atom stereocenters. The van der Waals surface area contributed by atoms with Crippen molar-refractivity contribution in [1.82, 2.24) is 4.90 Å². The van der Waals surface area contributed by atoms with Gasteiger partial charge in [0.05, 0.1) is 6.04 Å². The highest BCUT2D eigenvalue weighted by Gasteiger charge is 2.18. The standard InChI is InChI=1S/C19H20F2N2/c20-17-7-6-16(19(21)12-17)13-22-18-8-10-23(11-9-18)14-15-4-2-1-3-5-15/h1-7,12-13,18H,8-11,14H2. The maximum absolute atomic E-state index is 13.6. The van der Waals surface area contributed by atoms with Crippen LogP contribution in [0, 0.1) is 11.6 Å². The van der Waals surface area contributed by atoms with Crippen LogP contribution in [0.15, 0.2) is 53.5 Å². The van der Waals surface area contributed by atoms with Crippen LogP contribution in [0.3, 0.4) is 0 Å². The average Bonchev–Trinajstić information content (AvgIpc) is 2.56. The molecule has 3 rings (SSSR count). The second-order valence-corrected chi connectivity index (χ2v) is 5.94. The first-order chi connectivity index (χ1) is 11.2. The number of hydrogen-bond acceptors (Lipinski definition) is 2. The van der Waals surface area contributed by atoms with E-state index in [2.05, 4.69) is 34.2 Å². The molecule has 0 aromatic heterocycles. The molecule has 0 saturated carbocycles. The number of aliphatic imine (C=N–C) groups is 1. The highest BCUT2D eigenvalue weighted by Crippen LogP contribution is 2.16. The molecule has 1 aliphatic heterocycles. The number of piperidine rings is 1. The van der Waals surface area contributed by atoms with Gasteiger partial charge >= 0.3 is 0 Å². The molecule has 1 fully saturated rings. The molecule has 1 saturated heterocycles. The van der Waals surface area contributed by atoms with E-state index < -0.39 is 11.6 Å². The molecule has 2 aromatic rings. The van der Waals surface area contributed by atoms with Crippen LogP contribution in [0.4, 0.5) is 8.78 Å². The maximum Gasteiger partial charge on any atom is 0.134 e. The lowest BCUT2D eigenvalue weighted by Gasteiger charge is -2.30. The third-order valence-electron chi connectivity index (χ3n) is 4.19. The van der Waals surface area contributed by atoms with Crippen LogP contribution in [0.2, 0.25) is 0 Å². The van der Waals surface area contributed by atoms with Crippen LogP contribution >= 0.6 is 0 Å². The first-order valence-corrected chi connectivity index (χ1v) is 7.95. The Morgan fingerprint density at radius 1 is 1.04 bits per heavy atom. The average molecular weight is 314 g/mol. The topological polar surface area (TPSA) is 15.6 Å². The number of likely N-dealkylation sites (tertiary alicyclic amines) is 1. The molecular weight excluding hydrogens is 294 g/mol. The highest BCUT2D eigenvalue weighted by atomic mass is 19.1. The lowest BCUT2D eigenvalue weighted by atomic mass is 10.0. The normalized spacial score (nSPS) is 17.0.